The van der Waals surface area contributed by atoms with E-state index in [4.69, 9.17) is 16.0 Å². The van der Waals surface area contributed by atoms with Gasteiger partial charge in [0.25, 0.3) is 0 Å². The first-order chi connectivity index (χ1) is 4.66. The zero-order valence-corrected chi connectivity index (χ0v) is 8.97. The van der Waals surface area contributed by atoms with E-state index in [2.05, 4.69) is 20.0 Å². The molecule has 62 valence electrons. The molecule has 0 bridgehead atoms. The van der Waals surface area contributed by atoms with Crippen molar-refractivity contribution in [1.82, 2.24) is 0 Å². The fourth-order valence-corrected chi connectivity index (χ4v) is 2.23. The number of hydrogen-bond acceptors (Lipinski definition) is 1. The summed E-state index contributed by atoms with van der Waals surface area (Å²) in [5, 5.41) is 0. The maximum atomic E-state index is 5.87. The van der Waals surface area contributed by atoms with Gasteiger partial charge in [-0.1, -0.05) is 24.9 Å². The largest absolute Gasteiger partial charge is 0.405 e. The molecule has 3 heteroatoms. The van der Waals surface area contributed by atoms with Crippen LogP contribution in [0.2, 0.25) is 13.1 Å². The third kappa shape index (κ3) is 6.58. The molecule has 0 aromatic rings. The van der Waals surface area contributed by atoms with E-state index in [1.54, 1.807) is 0 Å². The van der Waals surface area contributed by atoms with Crippen LogP contribution in [0.5, 0.6) is 0 Å². The summed E-state index contributed by atoms with van der Waals surface area (Å²) in [6.07, 6.45) is 3.38. The van der Waals surface area contributed by atoms with Gasteiger partial charge in [0.2, 0.25) is 0 Å². The molecule has 0 radical (unpaired) electrons. The Morgan fingerprint density at radius 2 is 2.10 bits per heavy atom. The summed E-state index contributed by atoms with van der Waals surface area (Å²) in [5.74, 6) is 0. The van der Waals surface area contributed by atoms with Gasteiger partial charge in [0.05, 0.1) is 0 Å². The lowest BCUT2D eigenvalue weighted by molar-refractivity contribution is 0.272. The van der Waals surface area contributed by atoms with Crippen molar-refractivity contribution in [2.24, 2.45) is 0 Å². The van der Waals surface area contributed by atoms with Crippen molar-refractivity contribution in [3.05, 3.63) is 0 Å². The third-order valence-electron chi connectivity index (χ3n) is 1.20. The van der Waals surface area contributed by atoms with Crippen LogP contribution < -0.4 is 0 Å². The van der Waals surface area contributed by atoms with Crippen molar-refractivity contribution in [3.8, 4) is 0 Å². The van der Waals surface area contributed by atoms with Gasteiger partial charge in [0.15, 0.2) is 9.04 Å². The molecule has 0 saturated heterocycles. The Morgan fingerprint density at radius 3 is 2.50 bits per heavy atom. The highest BCUT2D eigenvalue weighted by atomic mass is 35.5. The van der Waals surface area contributed by atoms with E-state index in [-0.39, 0.29) is 5.56 Å². The highest BCUT2D eigenvalue weighted by Crippen LogP contribution is 2.09. The Bertz CT molecular complexity index is 78.0. The summed E-state index contributed by atoms with van der Waals surface area (Å²) in [4.78, 5) is 0. The lowest BCUT2D eigenvalue weighted by Gasteiger charge is -2.12. The number of unbranched alkanes of at least 4 members (excludes halogenated alkanes) is 1. The normalized spacial score (nSPS) is 14.1. The molecule has 0 amide bonds. The van der Waals surface area contributed by atoms with E-state index >= 15 is 0 Å². The van der Waals surface area contributed by atoms with Crippen molar-refractivity contribution in [2.45, 2.75) is 44.8 Å². The molecule has 10 heavy (non-hydrogen) atoms. The summed E-state index contributed by atoms with van der Waals surface area (Å²) in [6.45, 7) is 6.44. The van der Waals surface area contributed by atoms with Gasteiger partial charge in [-0.3, -0.25) is 0 Å². The van der Waals surface area contributed by atoms with Gasteiger partial charge in [-0.15, -0.1) is 0 Å². The molecule has 0 rings (SSSR count). The minimum absolute atomic E-state index is 0.0217. The molecule has 0 fully saturated rings. The molecular formula is C7H17ClOSi. The van der Waals surface area contributed by atoms with E-state index in [9.17, 15) is 0 Å². The number of halogens is 1. The SMILES string of the molecule is CCCCC(Cl)O[SiH](C)C. The van der Waals surface area contributed by atoms with Crippen LogP contribution in [-0.4, -0.2) is 14.6 Å². The quantitative estimate of drug-likeness (QED) is 0.467. The van der Waals surface area contributed by atoms with Gasteiger partial charge in [0.1, 0.15) is 5.56 Å². The second-order valence-electron chi connectivity index (χ2n) is 2.74. The smallest absolute Gasteiger partial charge is 0.172 e. The summed E-state index contributed by atoms with van der Waals surface area (Å²) in [5.41, 5.74) is -0.0217. The molecule has 0 spiro atoms. The van der Waals surface area contributed by atoms with Gasteiger partial charge >= 0.3 is 0 Å². The standard InChI is InChI=1S/C7H17ClOSi/c1-4-5-6-7(8)9-10(2)3/h7,10H,4-6H2,1-3H3. The highest BCUT2D eigenvalue weighted by Gasteiger charge is 2.05. The molecular weight excluding hydrogens is 164 g/mol. The molecule has 0 aliphatic rings. The lowest BCUT2D eigenvalue weighted by Crippen LogP contribution is -2.15. The van der Waals surface area contributed by atoms with E-state index in [1.165, 1.54) is 12.8 Å². The molecule has 0 heterocycles. The molecule has 1 unspecified atom stereocenters. The summed E-state index contributed by atoms with van der Waals surface area (Å²) >= 11 is 5.87. The lowest BCUT2D eigenvalue weighted by atomic mass is 10.3. The average molecular weight is 181 g/mol. The van der Waals surface area contributed by atoms with Gasteiger partial charge in [-0.05, 0) is 25.9 Å². The van der Waals surface area contributed by atoms with Crippen LogP contribution in [0.4, 0.5) is 0 Å². The third-order valence-corrected chi connectivity index (χ3v) is 2.57. The number of rotatable bonds is 5. The zero-order valence-electron chi connectivity index (χ0n) is 7.06. The van der Waals surface area contributed by atoms with E-state index in [0.29, 0.717) is 0 Å². The Hall–Kier alpha value is 0.467. The van der Waals surface area contributed by atoms with Crippen LogP contribution in [0.1, 0.15) is 26.2 Å². The minimum Gasteiger partial charge on any atom is -0.405 e. The Labute approximate surface area is 70.4 Å². The maximum absolute atomic E-state index is 5.87. The molecule has 1 atom stereocenters. The van der Waals surface area contributed by atoms with Gasteiger partial charge in [-0.2, -0.15) is 0 Å². The number of hydrogen-bond donors (Lipinski definition) is 0. The zero-order chi connectivity index (χ0) is 7.98. The molecule has 0 aromatic heterocycles. The van der Waals surface area contributed by atoms with Crippen molar-refractivity contribution in [2.75, 3.05) is 0 Å². The first-order valence-corrected chi connectivity index (χ1v) is 7.18. The molecule has 0 saturated carbocycles. The van der Waals surface area contributed by atoms with E-state index < -0.39 is 9.04 Å². The highest BCUT2D eigenvalue weighted by molar-refractivity contribution is 6.49. The van der Waals surface area contributed by atoms with Crippen molar-refractivity contribution in [3.63, 3.8) is 0 Å². The van der Waals surface area contributed by atoms with Gasteiger partial charge < -0.3 is 4.43 Å². The van der Waals surface area contributed by atoms with Crippen LogP contribution >= 0.6 is 11.6 Å². The Balaban J connectivity index is 3.16. The van der Waals surface area contributed by atoms with Crippen LogP contribution in [0.3, 0.4) is 0 Å². The second-order valence-corrected chi connectivity index (χ2v) is 5.59. The molecule has 0 aliphatic heterocycles. The molecule has 1 nitrogen and oxygen atoms in total. The van der Waals surface area contributed by atoms with Crippen LogP contribution in [-0.2, 0) is 4.43 Å². The summed E-state index contributed by atoms with van der Waals surface area (Å²) in [6, 6.07) is 0. The second kappa shape index (κ2) is 6.19. The fraction of sp³-hybridized carbons (Fsp3) is 1.00. The predicted molar refractivity (Wildman–Crippen MR) is 49.1 cm³/mol. The van der Waals surface area contributed by atoms with E-state index in [0.717, 1.165) is 6.42 Å². The first-order valence-electron chi connectivity index (χ1n) is 3.96. The summed E-state index contributed by atoms with van der Waals surface area (Å²) < 4.78 is 5.46. The Morgan fingerprint density at radius 1 is 1.50 bits per heavy atom. The summed E-state index contributed by atoms with van der Waals surface area (Å²) in [7, 11) is -0.903. The Kier molecular flexibility index (Phi) is 6.48. The van der Waals surface area contributed by atoms with Gasteiger partial charge in [-0.25, -0.2) is 0 Å². The number of alkyl halides is 1. The predicted octanol–water partition coefficient (Wildman–Crippen LogP) is 2.74. The first kappa shape index (κ1) is 10.5. The van der Waals surface area contributed by atoms with Crippen molar-refractivity contribution >= 4 is 20.6 Å². The topological polar surface area (TPSA) is 9.23 Å². The van der Waals surface area contributed by atoms with Crippen LogP contribution in [0, 0.1) is 0 Å². The van der Waals surface area contributed by atoms with Crippen molar-refractivity contribution in [1.29, 1.82) is 0 Å². The van der Waals surface area contributed by atoms with Gasteiger partial charge in [0, 0.05) is 0 Å². The molecule has 0 aromatic carbocycles. The maximum Gasteiger partial charge on any atom is 0.172 e. The minimum atomic E-state index is -0.903. The molecule has 0 aliphatic carbocycles. The van der Waals surface area contributed by atoms with Crippen LogP contribution in [0.15, 0.2) is 0 Å². The molecule has 0 N–H and O–H groups in total. The average Bonchev–Trinajstić information content (AvgIpc) is 1.82. The van der Waals surface area contributed by atoms with Crippen molar-refractivity contribution < 1.29 is 4.43 Å². The van der Waals surface area contributed by atoms with E-state index in [1.807, 2.05) is 0 Å². The fourth-order valence-electron chi connectivity index (χ4n) is 0.728. The van der Waals surface area contributed by atoms with Crippen LogP contribution in [0.25, 0.3) is 0 Å². The monoisotopic (exact) mass is 180 g/mol.